The molecule has 0 aromatic rings. The van der Waals surface area contributed by atoms with Crippen LogP contribution in [0.5, 0.6) is 0 Å². The van der Waals surface area contributed by atoms with Crippen LogP contribution in [0, 0.1) is 5.41 Å². The van der Waals surface area contributed by atoms with Crippen molar-refractivity contribution in [3.63, 3.8) is 0 Å². The summed E-state index contributed by atoms with van der Waals surface area (Å²) < 4.78 is 0. The van der Waals surface area contributed by atoms with Gasteiger partial charge in [0.15, 0.2) is 0 Å². The number of rotatable bonds is 6. The van der Waals surface area contributed by atoms with Crippen molar-refractivity contribution in [2.24, 2.45) is 5.41 Å². The summed E-state index contributed by atoms with van der Waals surface area (Å²) in [6, 6.07) is 0. The van der Waals surface area contributed by atoms with Crippen molar-refractivity contribution in [2.45, 2.75) is 27.2 Å². The van der Waals surface area contributed by atoms with Crippen LogP contribution in [0.15, 0.2) is 0 Å². The highest BCUT2D eigenvalue weighted by molar-refractivity contribution is 6.27. The average Bonchev–Trinajstić information content (AvgIpc) is 2.23. The molecule has 0 aliphatic rings. The first-order valence-electron chi connectivity index (χ1n) is 5.00. The van der Waals surface area contributed by atoms with E-state index in [-0.39, 0.29) is 29.7 Å². The van der Waals surface area contributed by atoms with Gasteiger partial charge in [0.2, 0.25) is 11.8 Å². The summed E-state index contributed by atoms with van der Waals surface area (Å²) >= 11 is 5.26. The first-order chi connectivity index (χ1) is 6.91. The Balaban J connectivity index is 3.71. The van der Waals surface area contributed by atoms with Crippen LogP contribution in [0.3, 0.4) is 0 Å². The maximum Gasteiger partial charge on any atom is 0.239 e. The number of hydrogen-bond acceptors (Lipinski definition) is 2. The minimum absolute atomic E-state index is 0.00858. The molecule has 0 heterocycles. The molecule has 0 aliphatic heterocycles. The van der Waals surface area contributed by atoms with Gasteiger partial charge >= 0.3 is 0 Å². The summed E-state index contributed by atoms with van der Waals surface area (Å²) in [6.07, 6.45) is 0.987. The lowest BCUT2D eigenvalue weighted by molar-refractivity contribution is -0.125. The van der Waals surface area contributed by atoms with Crippen molar-refractivity contribution >= 4 is 23.4 Å². The molecule has 2 N–H and O–H groups in total. The van der Waals surface area contributed by atoms with Gasteiger partial charge in [0.05, 0.1) is 6.54 Å². The maximum absolute atomic E-state index is 11.3. The van der Waals surface area contributed by atoms with Gasteiger partial charge in [0.1, 0.15) is 5.88 Å². The smallest absolute Gasteiger partial charge is 0.239 e. The Morgan fingerprint density at radius 2 is 1.80 bits per heavy atom. The van der Waals surface area contributed by atoms with Crippen molar-refractivity contribution in [1.29, 1.82) is 0 Å². The molecule has 5 heteroatoms. The minimum atomic E-state index is -0.332. The molecule has 0 fully saturated rings. The van der Waals surface area contributed by atoms with Crippen LogP contribution < -0.4 is 10.6 Å². The molecule has 2 amide bonds. The zero-order valence-corrected chi connectivity index (χ0v) is 10.3. The van der Waals surface area contributed by atoms with Crippen LogP contribution in [-0.2, 0) is 9.59 Å². The minimum Gasteiger partial charge on any atom is -0.354 e. The molecule has 4 nitrogen and oxygen atoms in total. The van der Waals surface area contributed by atoms with Gasteiger partial charge in [0.25, 0.3) is 0 Å². The standard InChI is InChI=1S/C10H19ClN2O2/c1-4-10(2,3)7-13-9(15)6-12-8(14)5-11/h4-7H2,1-3H3,(H,12,14)(H,13,15). The Labute approximate surface area is 95.7 Å². The second-order valence-electron chi connectivity index (χ2n) is 4.20. The van der Waals surface area contributed by atoms with Gasteiger partial charge in [0, 0.05) is 6.54 Å². The van der Waals surface area contributed by atoms with Crippen LogP contribution in [-0.4, -0.2) is 30.8 Å². The van der Waals surface area contributed by atoms with E-state index in [1.807, 2.05) is 0 Å². The lowest BCUT2D eigenvalue weighted by Gasteiger charge is -2.22. The first kappa shape index (κ1) is 14.2. The summed E-state index contributed by atoms with van der Waals surface area (Å²) in [5, 5.41) is 5.16. The molecule has 0 rings (SSSR count). The highest BCUT2D eigenvalue weighted by Gasteiger charge is 2.15. The first-order valence-corrected chi connectivity index (χ1v) is 5.54. The molecule has 0 unspecified atom stereocenters. The van der Waals surface area contributed by atoms with E-state index in [9.17, 15) is 9.59 Å². The van der Waals surface area contributed by atoms with Gasteiger partial charge in [-0.1, -0.05) is 20.8 Å². The van der Waals surface area contributed by atoms with E-state index in [4.69, 9.17) is 11.6 Å². The SMILES string of the molecule is CCC(C)(C)CNC(=O)CNC(=O)CCl. The molecule has 0 spiro atoms. The van der Waals surface area contributed by atoms with E-state index < -0.39 is 0 Å². The quantitative estimate of drug-likeness (QED) is 0.671. The Hall–Kier alpha value is -0.770. The summed E-state index contributed by atoms with van der Waals surface area (Å²) in [7, 11) is 0. The van der Waals surface area contributed by atoms with Crippen LogP contribution in [0.1, 0.15) is 27.2 Å². The number of halogens is 1. The second kappa shape index (κ2) is 6.67. The largest absolute Gasteiger partial charge is 0.354 e. The molecule has 0 aromatic heterocycles. The van der Waals surface area contributed by atoms with Crippen molar-refractivity contribution < 1.29 is 9.59 Å². The molecular formula is C10H19ClN2O2. The molecule has 0 aliphatic carbocycles. The predicted molar refractivity (Wildman–Crippen MR) is 60.8 cm³/mol. The van der Waals surface area contributed by atoms with Crippen molar-refractivity contribution in [2.75, 3.05) is 19.0 Å². The van der Waals surface area contributed by atoms with Gasteiger partial charge in [-0.2, -0.15) is 0 Å². The fourth-order valence-electron chi connectivity index (χ4n) is 0.751. The molecule has 0 radical (unpaired) electrons. The summed E-state index contributed by atoms with van der Waals surface area (Å²) in [5.41, 5.74) is 0.0894. The third-order valence-electron chi connectivity index (χ3n) is 2.29. The molecular weight excluding hydrogens is 216 g/mol. The zero-order chi connectivity index (χ0) is 11.9. The number of nitrogens with one attached hydrogen (secondary N) is 2. The van der Waals surface area contributed by atoms with Crippen LogP contribution in [0.4, 0.5) is 0 Å². The Kier molecular flexibility index (Phi) is 6.32. The summed E-state index contributed by atoms with van der Waals surface area (Å²) in [5.74, 6) is -0.634. The van der Waals surface area contributed by atoms with E-state index in [2.05, 4.69) is 31.4 Å². The number of carbonyl (C=O) groups excluding carboxylic acids is 2. The molecule has 15 heavy (non-hydrogen) atoms. The number of amides is 2. The van der Waals surface area contributed by atoms with Crippen LogP contribution >= 0.6 is 11.6 Å². The highest BCUT2D eigenvalue weighted by atomic mass is 35.5. The predicted octanol–water partition coefficient (Wildman–Crippen LogP) is 0.894. The number of carbonyl (C=O) groups is 2. The van der Waals surface area contributed by atoms with Crippen molar-refractivity contribution in [3.8, 4) is 0 Å². The molecule has 0 saturated carbocycles. The van der Waals surface area contributed by atoms with E-state index in [0.29, 0.717) is 6.54 Å². The van der Waals surface area contributed by atoms with Gasteiger partial charge in [-0.05, 0) is 11.8 Å². The van der Waals surface area contributed by atoms with Crippen LogP contribution in [0.2, 0.25) is 0 Å². The maximum atomic E-state index is 11.3. The lowest BCUT2D eigenvalue weighted by Crippen LogP contribution is -2.41. The van der Waals surface area contributed by atoms with Crippen molar-refractivity contribution in [3.05, 3.63) is 0 Å². The average molecular weight is 235 g/mol. The Bertz CT molecular complexity index is 229. The molecule has 0 atom stereocenters. The molecule has 0 aromatic carbocycles. The fraction of sp³-hybridized carbons (Fsp3) is 0.800. The normalized spacial score (nSPS) is 10.9. The topological polar surface area (TPSA) is 58.2 Å². The Morgan fingerprint density at radius 1 is 1.20 bits per heavy atom. The lowest BCUT2D eigenvalue weighted by atomic mass is 9.90. The molecule has 0 bridgehead atoms. The van der Waals surface area contributed by atoms with Crippen molar-refractivity contribution in [1.82, 2.24) is 10.6 Å². The summed E-state index contributed by atoms with van der Waals surface area (Å²) in [4.78, 5) is 22.0. The van der Waals surface area contributed by atoms with E-state index in [1.54, 1.807) is 0 Å². The van der Waals surface area contributed by atoms with E-state index in [1.165, 1.54) is 0 Å². The molecule has 88 valence electrons. The zero-order valence-electron chi connectivity index (χ0n) is 9.52. The fourth-order valence-corrected chi connectivity index (χ4v) is 0.846. The third kappa shape index (κ3) is 7.19. The second-order valence-corrected chi connectivity index (χ2v) is 4.47. The van der Waals surface area contributed by atoms with E-state index >= 15 is 0 Å². The van der Waals surface area contributed by atoms with Gasteiger partial charge in [-0.15, -0.1) is 11.6 Å². The highest BCUT2D eigenvalue weighted by Crippen LogP contribution is 2.17. The van der Waals surface area contributed by atoms with Gasteiger partial charge < -0.3 is 10.6 Å². The monoisotopic (exact) mass is 234 g/mol. The molecule has 0 saturated heterocycles. The summed E-state index contributed by atoms with van der Waals surface area (Å²) in [6.45, 7) is 6.82. The van der Waals surface area contributed by atoms with E-state index in [0.717, 1.165) is 6.42 Å². The Morgan fingerprint density at radius 3 is 2.27 bits per heavy atom. The number of alkyl halides is 1. The third-order valence-corrected chi connectivity index (χ3v) is 2.53. The van der Waals surface area contributed by atoms with Crippen LogP contribution in [0.25, 0.3) is 0 Å². The van der Waals surface area contributed by atoms with Gasteiger partial charge in [-0.25, -0.2) is 0 Å². The number of hydrogen-bond donors (Lipinski definition) is 2. The van der Waals surface area contributed by atoms with Gasteiger partial charge in [-0.3, -0.25) is 9.59 Å².